The molecule has 2 aliphatic rings. The van der Waals surface area contributed by atoms with Gasteiger partial charge in [0.05, 0.1) is 0 Å². The molecular weight excluding hydrogens is 264 g/mol. The van der Waals surface area contributed by atoms with Crippen LogP contribution < -0.4 is 0 Å². The second-order valence-electron chi connectivity index (χ2n) is 6.85. The van der Waals surface area contributed by atoms with Crippen molar-refractivity contribution in [1.82, 2.24) is 0 Å². The van der Waals surface area contributed by atoms with E-state index in [9.17, 15) is 0 Å². The average molecular weight is 301 g/mol. The lowest BCUT2D eigenvalue weighted by molar-refractivity contribution is 0.364. The van der Waals surface area contributed by atoms with Gasteiger partial charge in [0.15, 0.2) is 9.76 Å². The van der Waals surface area contributed by atoms with Gasteiger partial charge in [-0.25, -0.2) is 0 Å². The lowest BCUT2D eigenvalue weighted by atomic mass is 9.86. The van der Waals surface area contributed by atoms with E-state index in [0.29, 0.717) is 0 Å². The molecule has 0 aromatic carbocycles. The van der Waals surface area contributed by atoms with Crippen LogP contribution in [0.5, 0.6) is 0 Å². The molecule has 1 N–H and O–H groups in total. The van der Waals surface area contributed by atoms with Crippen molar-refractivity contribution in [3.63, 3.8) is 0 Å². The highest BCUT2D eigenvalue weighted by Gasteiger charge is 2.28. The monoisotopic (exact) mass is 300 g/mol. The number of hydrogen-bond acceptors (Lipinski definition) is 1. The van der Waals surface area contributed by atoms with Gasteiger partial charge < -0.3 is 4.80 Å². The Hall–Kier alpha value is 0.394. The molecule has 0 bridgehead atoms. The van der Waals surface area contributed by atoms with E-state index < -0.39 is 9.76 Å². The number of rotatable bonds is 4. The van der Waals surface area contributed by atoms with Gasteiger partial charge in [-0.15, -0.1) is 0 Å². The molecule has 0 radical (unpaired) electrons. The Bertz CT molecular complexity index is 203. The van der Waals surface area contributed by atoms with Crippen molar-refractivity contribution in [1.29, 1.82) is 0 Å². The normalized spacial score (nSPS) is 24.8. The Kier molecular flexibility index (Phi) is 9.34. The summed E-state index contributed by atoms with van der Waals surface area (Å²) in [4.78, 5) is 8.83. The number of hydrogen-bond donors (Lipinski definition) is 1. The van der Waals surface area contributed by atoms with Crippen LogP contribution in [-0.4, -0.2) is 24.1 Å². The van der Waals surface area contributed by atoms with Gasteiger partial charge in [-0.2, -0.15) is 0 Å². The quantitative estimate of drug-likeness (QED) is 0.780. The molecule has 0 atom stereocenters. The van der Waals surface area contributed by atoms with Crippen LogP contribution >= 0.6 is 0 Å². The van der Waals surface area contributed by atoms with Crippen molar-refractivity contribution in [2.45, 2.75) is 101 Å². The predicted molar refractivity (Wildman–Crippen MR) is 92.7 cm³/mol. The van der Waals surface area contributed by atoms with Crippen LogP contribution in [-0.2, 0) is 0 Å². The molecule has 2 rings (SSSR count). The zero-order valence-electron chi connectivity index (χ0n) is 13.4. The fourth-order valence-electron chi connectivity index (χ4n) is 3.98. The summed E-state index contributed by atoms with van der Waals surface area (Å²) in [5.41, 5.74) is 0.781. The summed E-state index contributed by atoms with van der Waals surface area (Å²) in [7, 11) is -0.363. The van der Waals surface area contributed by atoms with Crippen molar-refractivity contribution >= 4 is 19.3 Å². The largest absolute Gasteiger partial charge is 0.438 e. The molecule has 0 saturated heterocycles. The van der Waals surface area contributed by atoms with Crippen LogP contribution in [0.15, 0.2) is 0 Å². The van der Waals surface area contributed by atoms with Crippen LogP contribution in [0.4, 0.5) is 0 Å². The van der Waals surface area contributed by atoms with Crippen molar-refractivity contribution < 1.29 is 4.80 Å². The molecule has 19 heavy (non-hydrogen) atoms. The third-order valence-electron chi connectivity index (χ3n) is 5.43. The maximum absolute atomic E-state index is 8.83. The molecular formula is C16H36OSi2. The SMILES string of the molecule is CC[SiH2]C1(CC)CCCCC1.O[SiH2]C1CCCCC1. The van der Waals surface area contributed by atoms with Crippen molar-refractivity contribution in [3.8, 4) is 0 Å². The summed E-state index contributed by atoms with van der Waals surface area (Å²) in [5.74, 6) is 0. The first-order chi connectivity index (χ1) is 9.26. The maximum atomic E-state index is 8.83. The highest BCUT2D eigenvalue weighted by molar-refractivity contribution is 6.39. The Morgan fingerprint density at radius 3 is 1.95 bits per heavy atom. The van der Waals surface area contributed by atoms with Crippen LogP contribution in [0, 0.1) is 0 Å². The van der Waals surface area contributed by atoms with E-state index in [0.717, 1.165) is 10.6 Å². The highest BCUT2D eigenvalue weighted by Crippen LogP contribution is 2.45. The molecule has 0 amide bonds. The minimum atomic E-state index is -0.632. The molecule has 114 valence electrons. The van der Waals surface area contributed by atoms with Crippen molar-refractivity contribution in [2.24, 2.45) is 0 Å². The third kappa shape index (κ3) is 6.59. The van der Waals surface area contributed by atoms with Gasteiger partial charge >= 0.3 is 0 Å². The second-order valence-corrected chi connectivity index (χ2v) is 11.4. The second kappa shape index (κ2) is 10.2. The zero-order chi connectivity index (χ0) is 14.0. The average Bonchev–Trinajstić information content (AvgIpc) is 2.50. The van der Waals surface area contributed by atoms with Crippen LogP contribution in [0.1, 0.15) is 84.5 Å². The first kappa shape index (κ1) is 17.4. The highest BCUT2D eigenvalue weighted by atomic mass is 28.2. The van der Waals surface area contributed by atoms with Crippen LogP contribution in [0.3, 0.4) is 0 Å². The van der Waals surface area contributed by atoms with Gasteiger partial charge in [-0.1, -0.05) is 90.5 Å². The van der Waals surface area contributed by atoms with Gasteiger partial charge in [0, 0.05) is 9.52 Å². The first-order valence-electron chi connectivity index (χ1n) is 8.87. The summed E-state index contributed by atoms with van der Waals surface area (Å²) in [6.07, 6.45) is 16.0. The minimum Gasteiger partial charge on any atom is -0.438 e. The molecule has 1 nitrogen and oxygen atoms in total. The standard InChI is InChI=1S/C10H22Si.C6H14OSi/c1-3-10(11-4-2)8-6-5-7-9-10;7-8-6-4-2-1-3-5-6/h3-9,11H2,1-2H3;6-7H,1-5,8H2. The lowest BCUT2D eigenvalue weighted by Gasteiger charge is -2.36. The first-order valence-corrected chi connectivity index (χ1v) is 12.0. The van der Waals surface area contributed by atoms with E-state index in [1.54, 1.807) is 12.8 Å². The molecule has 3 heteroatoms. The van der Waals surface area contributed by atoms with E-state index >= 15 is 0 Å². The predicted octanol–water partition coefficient (Wildman–Crippen LogP) is 3.94. The Balaban J connectivity index is 0.000000200. The van der Waals surface area contributed by atoms with E-state index in [-0.39, 0.29) is 9.52 Å². The van der Waals surface area contributed by atoms with Crippen molar-refractivity contribution in [3.05, 3.63) is 0 Å². The molecule has 0 aromatic rings. The van der Waals surface area contributed by atoms with Gasteiger partial charge in [-0.3, -0.25) is 0 Å². The fraction of sp³-hybridized carbons (Fsp3) is 1.00. The zero-order valence-corrected chi connectivity index (χ0v) is 16.3. The van der Waals surface area contributed by atoms with Gasteiger partial charge in [0.1, 0.15) is 0 Å². The molecule has 0 heterocycles. The topological polar surface area (TPSA) is 20.2 Å². The molecule has 0 aromatic heterocycles. The lowest BCUT2D eigenvalue weighted by Crippen LogP contribution is -2.22. The summed E-state index contributed by atoms with van der Waals surface area (Å²) >= 11 is 0. The smallest absolute Gasteiger partial charge is 0.159 e. The Labute approximate surface area is 125 Å². The molecule has 0 aliphatic heterocycles. The molecule has 2 aliphatic carbocycles. The molecule has 2 saturated carbocycles. The fourth-order valence-corrected chi connectivity index (χ4v) is 7.34. The Morgan fingerprint density at radius 2 is 1.53 bits per heavy atom. The molecule has 2 fully saturated rings. The van der Waals surface area contributed by atoms with Crippen LogP contribution in [0.2, 0.25) is 16.6 Å². The van der Waals surface area contributed by atoms with Gasteiger partial charge in [-0.05, 0) is 10.6 Å². The third-order valence-corrected chi connectivity index (χ3v) is 9.53. The summed E-state index contributed by atoms with van der Waals surface area (Å²) in [6.45, 7) is 4.80. The van der Waals surface area contributed by atoms with Crippen molar-refractivity contribution in [2.75, 3.05) is 0 Å². The van der Waals surface area contributed by atoms with E-state index in [1.165, 1.54) is 63.8 Å². The van der Waals surface area contributed by atoms with Gasteiger partial charge in [0.2, 0.25) is 0 Å². The van der Waals surface area contributed by atoms with Gasteiger partial charge in [0.25, 0.3) is 0 Å². The Morgan fingerprint density at radius 1 is 0.947 bits per heavy atom. The summed E-state index contributed by atoms with van der Waals surface area (Å²) in [5, 5.41) is 0.910. The van der Waals surface area contributed by atoms with E-state index in [4.69, 9.17) is 4.80 Å². The van der Waals surface area contributed by atoms with E-state index in [1.807, 2.05) is 0 Å². The minimum absolute atomic E-state index is 0.269. The molecule has 0 unspecified atom stereocenters. The van der Waals surface area contributed by atoms with Crippen LogP contribution in [0.25, 0.3) is 0 Å². The summed E-state index contributed by atoms with van der Waals surface area (Å²) in [6, 6.07) is 1.52. The molecule has 0 spiro atoms. The summed E-state index contributed by atoms with van der Waals surface area (Å²) < 4.78 is 0. The van der Waals surface area contributed by atoms with E-state index in [2.05, 4.69) is 13.8 Å². The maximum Gasteiger partial charge on any atom is 0.159 e.